The van der Waals surface area contributed by atoms with Crippen LogP contribution in [0, 0.1) is 6.92 Å². The van der Waals surface area contributed by atoms with Crippen LogP contribution in [-0.4, -0.2) is 35.8 Å². The molecule has 0 radical (unpaired) electrons. The maximum atomic E-state index is 11.0. The van der Waals surface area contributed by atoms with E-state index in [1.54, 1.807) is 18.5 Å². The van der Waals surface area contributed by atoms with E-state index < -0.39 is 5.97 Å². The molecular formula is C15H13N5O2S. The molecule has 3 rings (SSSR count). The Balaban J connectivity index is 2.18. The van der Waals surface area contributed by atoms with Gasteiger partial charge in [0.2, 0.25) is 0 Å². The van der Waals surface area contributed by atoms with Gasteiger partial charge in [0.05, 0.1) is 5.52 Å². The van der Waals surface area contributed by atoms with Gasteiger partial charge in [-0.25, -0.2) is 9.97 Å². The van der Waals surface area contributed by atoms with E-state index in [4.69, 9.17) is 23.1 Å². The minimum Gasteiger partial charge on any atom is -0.480 e. The Morgan fingerprint density at radius 3 is 2.61 bits per heavy atom. The molecule has 0 saturated carbocycles. The molecule has 0 atom stereocenters. The second kappa shape index (κ2) is 5.73. The SMILES string of the molecule is Cc1ncc(-c2ccc3c(c2)c(C(N)=S)nn3CC(=O)O)cn1. The van der Waals surface area contributed by atoms with Gasteiger partial charge in [-0.15, -0.1) is 0 Å². The third-order valence-electron chi connectivity index (χ3n) is 3.38. The normalized spacial score (nSPS) is 10.8. The van der Waals surface area contributed by atoms with Gasteiger partial charge in [0.25, 0.3) is 0 Å². The molecule has 0 aliphatic heterocycles. The average molecular weight is 327 g/mol. The zero-order valence-corrected chi connectivity index (χ0v) is 13.0. The lowest BCUT2D eigenvalue weighted by molar-refractivity contribution is -0.137. The molecule has 0 aliphatic carbocycles. The van der Waals surface area contributed by atoms with Crippen LogP contribution in [0.2, 0.25) is 0 Å². The quantitative estimate of drug-likeness (QED) is 0.700. The Morgan fingerprint density at radius 1 is 1.30 bits per heavy atom. The van der Waals surface area contributed by atoms with Gasteiger partial charge in [0.1, 0.15) is 23.1 Å². The number of aryl methyl sites for hydroxylation is 1. The van der Waals surface area contributed by atoms with Crippen LogP contribution in [0.4, 0.5) is 0 Å². The molecule has 2 heterocycles. The maximum Gasteiger partial charge on any atom is 0.325 e. The molecule has 0 bridgehead atoms. The molecule has 0 fully saturated rings. The van der Waals surface area contributed by atoms with Crippen LogP contribution in [0.15, 0.2) is 30.6 Å². The van der Waals surface area contributed by atoms with Crippen molar-refractivity contribution < 1.29 is 9.90 Å². The summed E-state index contributed by atoms with van der Waals surface area (Å²) in [6.45, 7) is 1.56. The van der Waals surface area contributed by atoms with Crippen molar-refractivity contribution in [1.29, 1.82) is 0 Å². The monoisotopic (exact) mass is 327 g/mol. The van der Waals surface area contributed by atoms with Crippen molar-refractivity contribution in [3.63, 3.8) is 0 Å². The first-order valence-corrected chi connectivity index (χ1v) is 7.17. The van der Waals surface area contributed by atoms with Crippen LogP contribution < -0.4 is 5.73 Å². The highest BCUT2D eigenvalue weighted by atomic mass is 32.1. The van der Waals surface area contributed by atoms with E-state index in [0.29, 0.717) is 22.4 Å². The van der Waals surface area contributed by atoms with E-state index in [1.807, 2.05) is 19.1 Å². The number of fused-ring (bicyclic) bond motifs is 1. The van der Waals surface area contributed by atoms with E-state index in [-0.39, 0.29) is 11.5 Å². The number of carboxylic acids is 1. The summed E-state index contributed by atoms with van der Waals surface area (Å²) in [7, 11) is 0. The standard InChI is InChI=1S/C15H13N5O2S/c1-8-17-5-10(6-18-8)9-2-3-12-11(4-9)14(15(16)23)19-20(12)7-13(21)22/h2-6H,7H2,1H3,(H2,16,23)(H,21,22). The molecule has 0 saturated heterocycles. The second-order valence-corrected chi connectivity index (χ2v) is 5.45. The predicted octanol–water partition coefficient (Wildman–Crippen LogP) is 1.52. The summed E-state index contributed by atoms with van der Waals surface area (Å²) in [6.07, 6.45) is 3.46. The number of carbonyl (C=O) groups is 1. The highest BCUT2D eigenvalue weighted by Crippen LogP contribution is 2.26. The summed E-state index contributed by atoms with van der Waals surface area (Å²) in [5.41, 5.74) is 8.51. The van der Waals surface area contributed by atoms with E-state index in [9.17, 15) is 4.79 Å². The van der Waals surface area contributed by atoms with Gasteiger partial charge >= 0.3 is 5.97 Å². The number of benzene rings is 1. The lowest BCUT2D eigenvalue weighted by atomic mass is 10.1. The van der Waals surface area contributed by atoms with Gasteiger partial charge in [-0.1, -0.05) is 18.3 Å². The lowest BCUT2D eigenvalue weighted by Crippen LogP contribution is -2.13. The minimum absolute atomic E-state index is 0.122. The van der Waals surface area contributed by atoms with E-state index >= 15 is 0 Å². The Hall–Kier alpha value is -2.87. The number of aromatic nitrogens is 4. The lowest BCUT2D eigenvalue weighted by Gasteiger charge is -2.03. The van der Waals surface area contributed by atoms with E-state index in [1.165, 1.54) is 4.68 Å². The summed E-state index contributed by atoms with van der Waals surface area (Å²) in [5, 5.41) is 13.9. The van der Waals surface area contributed by atoms with Crippen molar-refractivity contribution in [2.45, 2.75) is 13.5 Å². The van der Waals surface area contributed by atoms with Gasteiger partial charge < -0.3 is 10.8 Å². The van der Waals surface area contributed by atoms with Crippen LogP contribution in [0.25, 0.3) is 22.0 Å². The smallest absolute Gasteiger partial charge is 0.325 e. The highest BCUT2D eigenvalue weighted by Gasteiger charge is 2.15. The van der Waals surface area contributed by atoms with Crippen LogP contribution in [0.5, 0.6) is 0 Å². The summed E-state index contributed by atoms with van der Waals surface area (Å²) < 4.78 is 1.38. The Bertz CT molecular complexity index is 918. The summed E-state index contributed by atoms with van der Waals surface area (Å²) in [4.78, 5) is 19.4. The van der Waals surface area contributed by atoms with E-state index in [2.05, 4.69) is 15.1 Å². The number of rotatable bonds is 4. The molecule has 1 aromatic carbocycles. The minimum atomic E-state index is -0.986. The number of hydrogen-bond acceptors (Lipinski definition) is 5. The Kier molecular flexibility index (Phi) is 3.75. The molecule has 0 aliphatic rings. The Morgan fingerprint density at radius 2 is 2.00 bits per heavy atom. The molecule has 3 N–H and O–H groups in total. The number of hydrogen-bond donors (Lipinski definition) is 2. The number of carboxylic acid groups (broad SMARTS) is 1. The van der Waals surface area contributed by atoms with Crippen molar-refractivity contribution in [3.8, 4) is 11.1 Å². The topological polar surface area (TPSA) is 107 Å². The number of thiocarbonyl (C=S) groups is 1. The molecule has 7 nitrogen and oxygen atoms in total. The van der Waals surface area contributed by atoms with Crippen molar-refractivity contribution in [2.75, 3.05) is 0 Å². The third-order valence-corrected chi connectivity index (χ3v) is 3.58. The first-order valence-electron chi connectivity index (χ1n) is 6.77. The third kappa shape index (κ3) is 2.88. The number of aliphatic carboxylic acids is 1. The molecule has 23 heavy (non-hydrogen) atoms. The van der Waals surface area contributed by atoms with Gasteiger partial charge in [0, 0.05) is 23.3 Å². The molecule has 0 spiro atoms. The first kappa shape index (κ1) is 15.0. The fourth-order valence-electron chi connectivity index (χ4n) is 2.33. The van der Waals surface area contributed by atoms with Gasteiger partial charge in [-0.05, 0) is 24.6 Å². The van der Waals surface area contributed by atoms with Gasteiger partial charge in [0.15, 0.2) is 0 Å². The zero-order chi connectivity index (χ0) is 16.6. The summed E-state index contributed by atoms with van der Waals surface area (Å²) in [5.74, 6) is -0.298. The highest BCUT2D eigenvalue weighted by molar-refractivity contribution is 7.80. The van der Waals surface area contributed by atoms with Crippen LogP contribution in [0.1, 0.15) is 11.5 Å². The largest absolute Gasteiger partial charge is 0.480 e. The number of nitrogens with two attached hydrogens (primary N) is 1. The van der Waals surface area contributed by atoms with Crippen molar-refractivity contribution >= 4 is 34.1 Å². The predicted molar refractivity (Wildman–Crippen MR) is 89.0 cm³/mol. The molecule has 3 aromatic rings. The maximum absolute atomic E-state index is 11.0. The van der Waals surface area contributed by atoms with Crippen LogP contribution in [0.3, 0.4) is 0 Å². The van der Waals surface area contributed by atoms with Crippen molar-refractivity contribution in [2.24, 2.45) is 5.73 Å². The van der Waals surface area contributed by atoms with Gasteiger partial charge in [-0.2, -0.15) is 5.10 Å². The number of nitrogens with zero attached hydrogens (tertiary/aromatic N) is 4. The van der Waals surface area contributed by atoms with Crippen molar-refractivity contribution in [3.05, 3.63) is 42.1 Å². The Labute approximate surface area is 136 Å². The molecule has 2 aromatic heterocycles. The second-order valence-electron chi connectivity index (χ2n) is 5.02. The molecule has 116 valence electrons. The molecule has 8 heteroatoms. The van der Waals surface area contributed by atoms with Crippen molar-refractivity contribution in [1.82, 2.24) is 19.7 Å². The van der Waals surface area contributed by atoms with Crippen LogP contribution >= 0.6 is 12.2 Å². The molecular weight excluding hydrogens is 314 g/mol. The average Bonchev–Trinajstić information content (AvgIpc) is 2.85. The summed E-state index contributed by atoms with van der Waals surface area (Å²) in [6, 6.07) is 5.52. The van der Waals surface area contributed by atoms with Gasteiger partial charge in [-0.3, -0.25) is 9.48 Å². The molecule has 0 amide bonds. The van der Waals surface area contributed by atoms with Crippen LogP contribution in [-0.2, 0) is 11.3 Å². The zero-order valence-electron chi connectivity index (χ0n) is 12.2. The summed E-state index contributed by atoms with van der Waals surface area (Å²) >= 11 is 5.02. The fourth-order valence-corrected chi connectivity index (χ4v) is 2.48. The molecule has 0 unspecified atom stereocenters. The first-order chi connectivity index (χ1) is 11.0. The van der Waals surface area contributed by atoms with E-state index in [0.717, 1.165) is 11.1 Å². The fraction of sp³-hybridized carbons (Fsp3) is 0.133.